The minimum atomic E-state index is -3.73. The van der Waals surface area contributed by atoms with Gasteiger partial charge in [0.2, 0.25) is 15.9 Å². The number of para-hydroxylation sites is 2. The predicted molar refractivity (Wildman–Crippen MR) is 134 cm³/mol. The number of hydrogen-bond donors (Lipinski definition) is 1. The van der Waals surface area contributed by atoms with Crippen LogP contribution in [0.1, 0.15) is 19.3 Å². The van der Waals surface area contributed by atoms with Gasteiger partial charge in [-0.15, -0.1) is 0 Å². The Hall–Kier alpha value is -3.36. The third-order valence-electron chi connectivity index (χ3n) is 5.82. The molecule has 0 aliphatic carbocycles. The number of amides is 1. The van der Waals surface area contributed by atoms with Gasteiger partial charge in [-0.3, -0.25) is 4.79 Å². The number of nitrogens with zero attached hydrogens (tertiary/aromatic N) is 2. The first-order chi connectivity index (χ1) is 16.5. The van der Waals surface area contributed by atoms with Crippen molar-refractivity contribution in [3.8, 4) is 5.75 Å². The van der Waals surface area contributed by atoms with Crippen molar-refractivity contribution in [3.05, 3.63) is 78.9 Å². The van der Waals surface area contributed by atoms with E-state index >= 15 is 0 Å². The van der Waals surface area contributed by atoms with Crippen LogP contribution in [0.5, 0.6) is 5.75 Å². The van der Waals surface area contributed by atoms with Crippen LogP contribution in [0, 0.1) is 0 Å². The van der Waals surface area contributed by atoms with Crippen LogP contribution in [-0.2, 0) is 14.8 Å². The van der Waals surface area contributed by atoms with E-state index < -0.39 is 10.0 Å². The number of sulfonamides is 1. The number of methoxy groups -OCH3 is 1. The summed E-state index contributed by atoms with van der Waals surface area (Å²) in [6.07, 6.45) is 2.71. The van der Waals surface area contributed by atoms with Crippen molar-refractivity contribution < 1.29 is 17.9 Å². The molecule has 3 aromatic carbocycles. The molecule has 7 nitrogen and oxygen atoms in total. The standard InChI is InChI=1S/C26H29N3O4S/c1-33-24-16-15-21(19-25(24)34(31,32)28-17-9-4-10-18-28)27-26(30)20-29(22-11-5-2-6-12-22)23-13-7-3-8-14-23/h2-3,5-8,11-16,19H,4,9-10,17-18,20H2,1H3,(H,27,30). The number of nitrogens with one attached hydrogen (secondary N) is 1. The predicted octanol–water partition coefficient (Wildman–Crippen LogP) is 4.65. The largest absolute Gasteiger partial charge is 0.495 e. The Morgan fingerprint density at radius 1 is 0.912 bits per heavy atom. The van der Waals surface area contributed by atoms with Crippen molar-refractivity contribution in [3.63, 3.8) is 0 Å². The molecule has 0 unspecified atom stereocenters. The van der Waals surface area contributed by atoms with E-state index in [4.69, 9.17) is 4.74 Å². The summed E-state index contributed by atoms with van der Waals surface area (Å²) < 4.78 is 33.4. The Labute approximate surface area is 201 Å². The van der Waals surface area contributed by atoms with Crippen LogP contribution in [0.4, 0.5) is 17.1 Å². The normalized spacial score (nSPS) is 14.4. The maximum atomic E-state index is 13.3. The fourth-order valence-electron chi connectivity index (χ4n) is 4.09. The van der Waals surface area contributed by atoms with Gasteiger partial charge in [0.25, 0.3) is 0 Å². The van der Waals surface area contributed by atoms with Gasteiger partial charge >= 0.3 is 0 Å². The second-order valence-corrected chi connectivity index (χ2v) is 10.0. The molecule has 0 atom stereocenters. The maximum Gasteiger partial charge on any atom is 0.246 e. The van der Waals surface area contributed by atoms with E-state index in [-0.39, 0.29) is 23.1 Å². The molecule has 0 aromatic heterocycles. The number of piperidine rings is 1. The zero-order valence-electron chi connectivity index (χ0n) is 19.2. The molecule has 8 heteroatoms. The van der Waals surface area contributed by atoms with Gasteiger partial charge in [-0.05, 0) is 55.3 Å². The van der Waals surface area contributed by atoms with Crippen LogP contribution >= 0.6 is 0 Å². The molecule has 0 saturated carbocycles. The molecule has 1 fully saturated rings. The summed E-state index contributed by atoms with van der Waals surface area (Å²) in [7, 11) is -2.28. The van der Waals surface area contributed by atoms with Gasteiger partial charge in [0.05, 0.1) is 7.11 Å². The molecule has 1 aliphatic rings. The van der Waals surface area contributed by atoms with E-state index in [1.54, 1.807) is 12.1 Å². The Bertz CT molecular complexity index is 1170. The smallest absolute Gasteiger partial charge is 0.246 e. The van der Waals surface area contributed by atoms with E-state index in [9.17, 15) is 13.2 Å². The van der Waals surface area contributed by atoms with Gasteiger partial charge in [-0.1, -0.05) is 42.8 Å². The number of carbonyl (C=O) groups is 1. The number of ether oxygens (including phenoxy) is 1. The molecule has 0 bridgehead atoms. The summed E-state index contributed by atoms with van der Waals surface area (Å²) in [6, 6.07) is 24.0. The molecule has 34 heavy (non-hydrogen) atoms. The highest BCUT2D eigenvalue weighted by atomic mass is 32.2. The minimum Gasteiger partial charge on any atom is -0.495 e. The van der Waals surface area contributed by atoms with Crippen LogP contribution in [0.25, 0.3) is 0 Å². The van der Waals surface area contributed by atoms with E-state index in [1.165, 1.54) is 17.5 Å². The van der Waals surface area contributed by atoms with Crippen LogP contribution in [0.3, 0.4) is 0 Å². The van der Waals surface area contributed by atoms with Crippen molar-refractivity contribution in [1.29, 1.82) is 0 Å². The minimum absolute atomic E-state index is 0.0638. The quantitative estimate of drug-likeness (QED) is 0.509. The van der Waals surface area contributed by atoms with Crippen LogP contribution in [0.2, 0.25) is 0 Å². The lowest BCUT2D eigenvalue weighted by atomic mass is 10.2. The van der Waals surface area contributed by atoms with Gasteiger partial charge in [0.15, 0.2) is 0 Å². The summed E-state index contributed by atoms with van der Waals surface area (Å²) >= 11 is 0. The Kier molecular flexibility index (Phi) is 7.49. The van der Waals surface area contributed by atoms with E-state index in [1.807, 2.05) is 65.6 Å². The summed E-state index contributed by atoms with van der Waals surface area (Å²) in [4.78, 5) is 15.0. The summed E-state index contributed by atoms with van der Waals surface area (Å²) in [5.41, 5.74) is 2.17. The lowest BCUT2D eigenvalue weighted by Gasteiger charge is -2.27. The van der Waals surface area contributed by atoms with E-state index in [0.29, 0.717) is 18.8 Å². The molecule has 178 valence electrons. The zero-order valence-corrected chi connectivity index (χ0v) is 20.0. The molecule has 4 rings (SSSR count). The second kappa shape index (κ2) is 10.7. The number of anilines is 3. The van der Waals surface area contributed by atoms with Crippen LogP contribution in [-0.4, -0.2) is 45.4 Å². The summed E-state index contributed by atoms with van der Waals surface area (Å²) in [6.45, 7) is 1.05. The average Bonchev–Trinajstić information content (AvgIpc) is 2.89. The second-order valence-electron chi connectivity index (χ2n) is 8.14. The molecule has 3 aromatic rings. The number of rotatable bonds is 8. The molecule has 1 aliphatic heterocycles. The van der Waals surface area contributed by atoms with Gasteiger partial charge in [-0.25, -0.2) is 8.42 Å². The van der Waals surface area contributed by atoms with Gasteiger partial charge in [-0.2, -0.15) is 4.31 Å². The lowest BCUT2D eigenvalue weighted by molar-refractivity contribution is -0.114. The van der Waals surface area contributed by atoms with Crippen molar-refractivity contribution in [1.82, 2.24) is 4.31 Å². The monoisotopic (exact) mass is 479 g/mol. The first kappa shape index (κ1) is 23.8. The number of benzene rings is 3. The molecule has 1 N–H and O–H groups in total. The Morgan fingerprint density at radius 3 is 2.06 bits per heavy atom. The van der Waals surface area contributed by atoms with Crippen molar-refractivity contribution in [2.45, 2.75) is 24.2 Å². The fourth-order valence-corrected chi connectivity index (χ4v) is 5.79. The molecule has 1 heterocycles. The summed E-state index contributed by atoms with van der Waals surface area (Å²) in [5.74, 6) is -0.00189. The molecule has 0 radical (unpaired) electrons. The highest BCUT2D eigenvalue weighted by Gasteiger charge is 2.29. The highest BCUT2D eigenvalue weighted by Crippen LogP contribution is 2.31. The SMILES string of the molecule is COc1ccc(NC(=O)CN(c2ccccc2)c2ccccc2)cc1S(=O)(=O)N1CCCCC1. The molecular formula is C26H29N3O4S. The lowest BCUT2D eigenvalue weighted by Crippen LogP contribution is -2.35. The van der Waals surface area contributed by atoms with E-state index in [0.717, 1.165) is 30.6 Å². The first-order valence-electron chi connectivity index (χ1n) is 11.3. The Balaban J connectivity index is 1.57. The zero-order chi connectivity index (χ0) is 24.0. The Morgan fingerprint density at radius 2 is 1.50 bits per heavy atom. The molecule has 1 amide bonds. The van der Waals surface area contributed by atoms with Crippen LogP contribution in [0.15, 0.2) is 83.8 Å². The number of hydrogen-bond acceptors (Lipinski definition) is 5. The fraction of sp³-hybridized carbons (Fsp3) is 0.269. The number of carbonyl (C=O) groups excluding carboxylic acids is 1. The topological polar surface area (TPSA) is 79.0 Å². The van der Waals surface area contributed by atoms with Crippen molar-refractivity contribution in [2.75, 3.05) is 37.0 Å². The first-order valence-corrected chi connectivity index (χ1v) is 12.8. The maximum absolute atomic E-state index is 13.3. The third-order valence-corrected chi connectivity index (χ3v) is 7.74. The van der Waals surface area contributed by atoms with Gasteiger partial charge in [0, 0.05) is 30.2 Å². The average molecular weight is 480 g/mol. The van der Waals surface area contributed by atoms with Gasteiger partial charge < -0.3 is 15.0 Å². The van der Waals surface area contributed by atoms with Crippen LogP contribution < -0.4 is 15.0 Å². The van der Waals surface area contributed by atoms with Crippen molar-refractivity contribution in [2.24, 2.45) is 0 Å². The highest BCUT2D eigenvalue weighted by molar-refractivity contribution is 7.89. The molecular weight excluding hydrogens is 450 g/mol. The van der Waals surface area contributed by atoms with E-state index in [2.05, 4.69) is 5.32 Å². The summed E-state index contributed by atoms with van der Waals surface area (Å²) in [5, 5.41) is 2.86. The third kappa shape index (κ3) is 5.40. The molecule has 1 saturated heterocycles. The van der Waals surface area contributed by atoms with Crippen molar-refractivity contribution >= 4 is 33.0 Å². The van der Waals surface area contributed by atoms with Gasteiger partial charge in [0.1, 0.15) is 17.2 Å². The molecule has 0 spiro atoms.